The van der Waals surface area contributed by atoms with Crippen molar-refractivity contribution in [1.29, 1.82) is 0 Å². The smallest absolute Gasteiger partial charge is 0.334 e. The molecule has 68 valence electrons. The SMILES string of the molecule is CNC(=O)NN=C1CCCCC1. The molecule has 1 rings (SSSR count). The van der Waals surface area contributed by atoms with E-state index in [1.165, 1.54) is 19.3 Å². The summed E-state index contributed by atoms with van der Waals surface area (Å²) < 4.78 is 0. The Kier molecular flexibility index (Phi) is 3.57. The number of nitrogens with one attached hydrogen (secondary N) is 2. The number of amides is 2. The number of urea groups is 1. The third-order valence-corrected chi connectivity index (χ3v) is 1.97. The molecule has 0 saturated heterocycles. The molecule has 0 atom stereocenters. The number of nitrogens with zero attached hydrogens (tertiary/aromatic N) is 1. The van der Waals surface area contributed by atoms with Gasteiger partial charge in [0.1, 0.15) is 0 Å². The van der Waals surface area contributed by atoms with Crippen LogP contribution in [0.1, 0.15) is 32.1 Å². The van der Waals surface area contributed by atoms with Crippen LogP contribution in [0.25, 0.3) is 0 Å². The second-order valence-corrected chi connectivity index (χ2v) is 2.93. The van der Waals surface area contributed by atoms with Crippen molar-refractivity contribution in [2.45, 2.75) is 32.1 Å². The first-order chi connectivity index (χ1) is 5.83. The summed E-state index contributed by atoms with van der Waals surface area (Å²) in [7, 11) is 1.58. The van der Waals surface area contributed by atoms with Gasteiger partial charge in [-0.15, -0.1) is 0 Å². The van der Waals surface area contributed by atoms with Gasteiger partial charge in [-0.25, -0.2) is 10.2 Å². The number of carbonyl (C=O) groups excluding carboxylic acids is 1. The molecule has 0 bridgehead atoms. The van der Waals surface area contributed by atoms with Crippen LogP contribution < -0.4 is 10.7 Å². The van der Waals surface area contributed by atoms with Gasteiger partial charge >= 0.3 is 6.03 Å². The van der Waals surface area contributed by atoms with Crippen LogP contribution in [0.4, 0.5) is 4.79 Å². The molecule has 4 heteroatoms. The van der Waals surface area contributed by atoms with Gasteiger partial charge in [0.15, 0.2) is 0 Å². The first-order valence-electron chi connectivity index (χ1n) is 4.36. The van der Waals surface area contributed by atoms with Crippen molar-refractivity contribution in [1.82, 2.24) is 10.7 Å². The zero-order valence-corrected chi connectivity index (χ0v) is 7.39. The maximum Gasteiger partial charge on any atom is 0.334 e. The maximum absolute atomic E-state index is 10.7. The van der Waals surface area contributed by atoms with Gasteiger partial charge < -0.3 is 5.32 Å². The largest absolute Gasteiger partial charge is 0.340 e. The highest BCUT2D eigenvalue weighted by Crippen LogP contribution is 2.13. The van der Waals surface area contributed by atoms with E-state index in [-0.39, 0.29) is 6.03 Å². The lowest BCUT2D eigenvalue weighted by atomic mass is 9.99. The quantitative estimate of drug-likeness (QED) is 0.570. The molecule has 0 aromatic rings. The highest BCUT2D eigenvalue weighted by Gasteiger charge is 2.06. The van der Waals surface area contributed by atoms with Gasteiger partial charge in [-0.3, -0.25) is 0 Å². The van der Waals surface area contributed by atoms with E-state index < -0.39 is 0 Å². The van der Waals surface area contributed by atoms with E-state index in [9.17, 15) is 4.79 Å². The Balaban J connectivity index is 2.29. The molecule has 1 aliphatic rings. The number of hydrazone groups is 1. The molecule has 0 aromatic heterocycles. The number of rotatable bonds is 1. The lowest BCUT2D eigenvalue weighted by Crippen LogP contribution is -2.29. The van der Waals surface area contributed by atoms with E-state index in [4.69, 9.17) is 0 Å². The second-order valence-electron chi connectivity index (χ2n) is 2.93. The van der Waals surface area contributed by atoms with Crippen LogP contribution in [-0.4, -0.2) is 18.8 Å². The van der Waals surface area contributed by atoms with Gasteiger partial charge in [0.05, 0.1) is 0 Å². The minimum atomic E-state index is -0.243. The van der Waals surface area contributed by atoms with Crippen LogP contribution in [0.15, 0.2) is 5.10 Å². The molecule has 2 N–H and O–H groups in total. The van der Waals surface area contributed by atoms with Crippen molar-refractivity contribution in [2.75, 3.05) is 7.05 Å². The topological polar surface area (TPSA) is 53.5 Å². The number of hydrogen-bond acceptors (Lipinski definition) is 2. The Morgan fingerprint density at radius 3 is 2.58 bits per heavy atom. The first kappa shape index (κ1) is 9.03. The van der Waals surface area contributed by atoms with Crippen molar-refractivity contribution in [3.8, 4) is 0 Å². The standard InChI is InChI=1S/C8H15N3O/c1-9-8(12)11-10-7-5-3-2-4-6-7/h2-6H2,1H3,(H2,9,11,12). The summed E-state index contributed by atoms with van der Waals surface area (Å²) in [6.07, 6.45) is 5.76. The molecule has 0 radical (unpaired) electrons. The van der Waals surface area contributed by atoms with Gasteiger partial charge in [0.2, 0.25) is 0 Å². The normalized spacial score (nSPS) is 16.9. The average molecular weight is 169 g/mol. The molecule has 1 fully saturated rings. The van der Waals surface area contributed by atoms with Crippen molar-refractivity contribution in [2.24, 2.45) is 5.10 Å². The van der Waals surface area contributed by atoms with Gasteiger partial charge in [0, 0.05) is 12.8 Å². The molecular formula is C8H15N3O. The van der Waals surface area contributed by atoms with E-state index in [0.29, 0.717) is 0 Å². The number of carbonyl (C=O) groups is 1. The zero-order valence-electron chi connectivity index (χ0n) is 7.39. The summed E-state index contributed by atoms with van der Waals surface area (Å²) in [5.41, 5.74) is 3.56. The predicted octanol–water partition coefficient (Wildman–Crippen LogP) is 1.24. The Morgan fingerprint density at radius 1 is 1.33 bits per heavy atom. The zero-order chi connectivity index (χ0) is 8.81. The minimum absolute atomic E-state index is 0.243. The van der Waals surface area contributed by atoms with E-state index in [1.54, 1.807) is 7.05 Å². The first-order valence-corrected chi connectivity index (χ1v) is 4.36. The van der Waals surface area contributed by atoms with Crippen LogP contribution in [0.5, 0.6) is 0 Å². The van der Waals surface area contributed by atoms with E-state index >= 15 is 0 Å². The second kappa shape index (κ2) is 4.74. The maximum atomic E-state index is 10.7. The Morgan fingerprint density at radius 2 is 2.00 bits per heavy atom. The summed E-state index contributed by atoms with van der Waals surface area (Å²) in [4.78, 5) is 10.7. The Labute approximate surface area is 72.4 Å². The fourth-order valence-corrected chi connectivity index (χ4v) is 1.26. The third kappa shape index (κ3) is 2.90. The number of hydrogen-bond donors (Lipinski definition) is 2. The summed E-state index contributed by atoms with van der Waals surface area (Å²) >= 11 is 0. The fraction of sp³-hybridized carbons (Fsp3) is 0.750. The molecule has 0 spiro atoms. The molecule has 4 nitrogen and oxygen atoms in total. The van der Waals surface area contributed by atoms with Crippen molar-refractivity contribution >= 4 is 11.7 Å². The minimum Gasteiger partial charge on any atom is -0.340 e. The van der Waals surface area contributed by atoms with Crippen LogP contribution in [0.2, 0.25) is 0 Å². The summed E-state index contributed by atoms with van der Waals surface area (Å²) in [6, 6.07) is -0.243. The summed E-state index contributed by atoms with van der Waals surface area (Å²) in [5.74, 6) is 0. The van der Waals surface area contributed by atoms with Gasteiger partial charge in [-0.05, 0) is 25.7 Å². The summed E-state index contributed by atoms with van der Waals surface area (Å²) in [5, 5.41) is 6.46. The van der Waals surface area contributed by atoms with Crippen molar-refractivity contribution in [3.05, 3.63) is 0 Å². The van der Waals surface area contributed by atoms with Crippen molar-refractivity contribution < 1.29 is 4.79 Å². The van der Waals surface area contributed by atoms with E-state index in [0.717, 1.165) is 18.6 Å². The van der Waals surface area contributed by atoms with E-state index in [2.05, 4.69) is 15.8 Å². The lowest BCUT2D eigenvalue weighted by Gasteiger charge is -2.11. The van der Waals surface area contributed by atoms with Gasteiger partial charge in [0.25, 0.3) is 0 Å². The molecule has 0 aromatic carbocycles. The molecule has 2 amide bonds. The Bertz CT molecular complexity index is 181. The highest BCUT2D eigenvalue weighted by molar-refractivity contribution is 5.86. The molecular weight excluding hydrogens is 154 g/mol. The highest BCUT2D eigenvalue weighted by atomic mass is 16.2. The van der Waals surface area contributed by atoms with Gasteiger partial charge in [-0.1, -0.05) is 6.42 Å². The van der Waals surface area contributed by atoms with Crippen molar-refractivity contribution in [3.63, 3.8) is 0 Å². The Hall–Kier alpha value is -1.06. The molecule has 0 unspecified atom stereocenters. The van der Waals surface area contributed by atoms with Crippen LogP contribution in [-0.2, 0) is 0 Å². The van der Waals surface area contributed by atoms with Gasteiger partial charge in [-0.2, -0.15) is 5.10 Å². The molecule has 0 heterocycles. The van der Waals surface area contributed by atoms with Crippen LogP contribution in [0, 0.1) is 0 Å². The fourth-order valence-electron chi connectivity index (χ4n) is 1.26. The molecule has 12 heavy (non-hydrogen) atoms. The van der Waals surface area contributed by atoms with Crippen LogP contribution in [0.3, 0.4) is 0 Å². The van der Waals surface area contributed by atoms with Crippen LogP contribution >= 0.6 is 0 Å². The third-order valence-electron chi connectivity index (χ3n) is 1.97. The molecule has 1 aliphatic carbocycles. The predicted molar refractivity (Wildman–Crippen MR) is 48.1 cm³/mol. The van der Waals surface area contributed by atoms with E-state index in [1.807, 2.05) is 0 Å². The average Bonchev–Trinajstić information content (AvgIpc) is 2.16. The monoisotopic (exact) mass is 169 g/mol. The molecule has 0 aliphatic heterocycles. The summed E-state index contributed by atoms with van der Waals surface area (Å²) in [6.45, 7) is 0. The lowest BCUT2D eigenvalue weighted by molar-refractivity contribution is 0.243. The molecule has 1 saturated carbocycles.